The Morgan fingerprint density at radius 2 is 2.05 bits per heavy atom. The van der Waals surface area contributed by atoms with Gasteiger partial charge in [-0.05, 0) is 45.6 Å². The standard InChI is InChI=1S/C15H29N3O/c1-12-9-17-7-3-2-4-14(17)10-18(12)13-5-6-15(16,8-13)11-19/h12-14,19H,2-11,16H2,1H3. The molecule has 2 saturated heterocycles. The molecule has 0 aromatic rings. The van der Waals surface area contributed by atoms with E-state index >= 15 is 0 Å². The third kappa shape index (κ3) is 2.68. The van der Waals surface area contributed by atoms with Crippen LogP contribution in [-0.2, 0) is 0 Å². The van der Waals surface area contributed by atoms with Crippen molar-refractivity contribution >= 4 is 0 Å². The van der Waals surface area contributed by atoms with Gasteiger partial charge in [0.1, 0.15) is 0 Å². The Hall–Kier alpha value is -0.160. The van der Waals surface area contributed by atoms with Crippen molar-refractivity contribution in [2.75, 3.05) is 26.2 Å². The molecule has 1 saturated carbocycles. The van der Waals surface area contributed by atoms with Crippen molar-refractivity contribution in [3.8, 4) is 0 Å². The van der Waals surface area contributed by atoms with Crippen molar-refractivity contribution in [3.63, 3.8) is 0 Å². The molecule has 0 spiro atoms. The van der Waals surface area contributed by atoms with Crippen molar-refractivity contribution in [2.24, 2.45) is 5.73 Å². The number of piperazine rings is 1. The Bertz CT molecular complexity index is 325. The van der Waals surface area contributed by atoms with E-state index in [1.165, 1.54) is 38.9 Å². The van der Waals surface area contributed by atoms with Crippen LogP contribution in [0.3, 0.4) is 0 Å². The van der Waals surface area contributed by atoms with Crippen LogP contribution in [0.1, 0.15) is 45.4 Å². The van der Waals surface area contributed by atoms with Crippen molar-refractivity contribution in [3.05, 3.63) is 0 Å². The molecule has 3 fully saturated rings. The van der Waals surface area contributed by atoms with E-state index < -0.39 is 0 Å². The van der Waals surface area contributed by atoms with Crippen molar-refractivity contribution in [1.29, 1.82) is 0 Å². The molecule has 2 aliphatic heterocycles. The minimum atomic E-state index is -0.311. The van der Waals surface area contributed by atoms with Crippen molar-refractivity contribution < 1.29 is 5.11 Å². The van der Waals surface area contributed by atoms with Gasteiger partial charge in [0.15, 0.2) is 0 Å². The molecule has 1 aliphatic carbocycles. The Morgan fingerprint density at radius 1 is 1.21 bits per heavy atom. The zero-order valence-corrected chi connectivity index (χ0v) is 12.2. The molecule has 0 bridgehead atoms. The summed E-state index contributed by atoms with van der Waals surface area (Å²) in [4.78, 5) is 5.39. The molecular weight excluding hydrogens is 238 g/mol. The van der Waals surface area contributed by atoms with E-state index in [1.807, 2.05) is 0 Å². The van der Waals surface area contributed by atoms with Gasteiger partial charge in [-0.2, -0.15) is 0 Å². The topological polar surface area (TPSA) is 52.7 Å². The predicted octanol–water partition coefficient (Wildman–Crippen LogP) is 0.787. The van der Waals surface area contributed by atoms with E-state index in [-0.39, 0.29) is 12.1 Å². The van der Waals surface area contributed by atoms with Gasteiger partial charge in [-0.25, -0.2) is 0 Å². The normalized spacial score (nSPS) is 45.3. The second-order valence-electron chi connectivity index (χ2n) is 7.11. The molecule has 3 N–H and O–H groups in total. The van der Waals surface area contributed by atoms with Crippen LogP contribution >= 0.6 is 0 Å². The highest BCUT2D eigenvalue weighted by molar-refractivity contribution is 5.00. The fraction of sp³-hybridized carbons (Fsp3) is 1.00. The molecule has 4 heteroatoms. The summed E-state index contributed by atoms with van der Waals surface area (Å²) in [5, 5.41) is 9.44. The SMILES string of the molecule is CC1CN2CCCCC2CN1C1CCC(N)(CO)C1. The summed E-state index contributed by atoms with van der Waals surface area (Å²) < 4.78 is 0. The monoisotopic (exact) mass is 267 g/mol. The number of hydrogen-bond acceptors (Lipinski definition) is 4. The smallest absolute Gasteiger partial charge is 0.0611 e. The maximum absolute atomic E-state index is 9.44. The highest BCUT2D eigenvalue weighted by Gasteiger charge is 2.42. The van der Waals surface area contributed by atoms with Crippen LogP contribution in [0.4, 0.5) is 0 Å². The third-order valence-electron chi connectivity index (χ3n) is 5.64. The van der Waals surface area contributed by atoms with Gasteiger partial charge in [0.05, 0.1) is 6.61 Å². The van der Waals surface area contributed by atoms with E-state index in [4.69, 9.17) is 5.73 Å². The molecule has 0 aromatic carbocycles. The second kappa shape index (κ2) is 5.32. The number of aliphatic hydroxyl groups is 1. The minimum absolute atomic E-state index is 0.140. The van der Waals surface area contributed by atoms with Gasteiger partial charge in [-0.1, -0.05) is 6.42 Å². The zero-order chi connectivity index (χ0) is 13.5. The van der Waals surface area contributed by atoms with Crippen LogP contribution in [0.15, 0.2) is 0 Å². The van der Waals surface area contributed by atoms with Crippen LogP contribution < -0.4 is 5.73 Å². The average molecular weight is 267 g/mol. The predicted molar refractivity (Wildman–Crippen MR) is 77.0 cm³/mol. The molecular formula is C15H29N3O. The second-order valence-corrected chi connectivity index (χ2v) is 7.11. The number of fused-ring (bicyclic) bond motifs is 1. The van der Waals surface area contributed by atoms with Gasteiger partial charge in [0.2, 0.25) is 0 Å². The Kier molecular flexibility index (Phi) is 3.87. The van der Waals surface area contributed by atoms with E-state index in [2.05, 4.69) is 16.7 Å². The number of nitrogens with two attached hydrogens (primary N) is 1. The van der Waals surface area contributed by atoms with E-state index in [1.54, 1.807) is 0 Å². The molecule has 0 amide bonds. The van der Waals surface area contributed by atoms with Crippen LogP contribution in [0.2, 0.25) is 0 Å². The molecule has 0 aromatic heterocycles. The van der Waals surface area contributed by atoms with Crippen molar-refractivity contribution in [1.82, 2.24) is 9.80 Å². The summed E-state index contributed by atoms with van der Waals surface area (Å²) in [6.45, 7) is 6.23. The number of piperidine rings is 1. The first kappa shape index (κ1) is 13.8. The van der Waals surface area contributed by atoms with Crippen LogP contribution in [0.5, 0.6) is 0 Å². The van der Waals surface area contributed by atoms with E-state index in [9.17, 15) is 5.11 Å². The third-order valence-corrected chi connectivity index (χ3v) is 5.64. The fourth-order valence-electron chi connectivity index (χ4n) is 4.44. The Morgan fingerprint density at radius 3 is 2.79 bits per heavy atom. The highest BCUT2D eigenvalue weighted by atomic mass is 16.3. The Balaban J connectivity index is 1.65. The molecule has 2 heterocycles. The number of nitrogens with zero attached hydrogens (tertiary/aromatic N) is 2. The summed E-state index contributed by atoms with van der Waals surface area (Å²) >= 11 is 0. The lowest BCUT2D eigenvalue weighted by molar-refractivity contribution is -0.00821. The summed E-state index contributed by atoms with van der Waals surface area (Å²) in [5.41, 5.74) is 5.93. The summed E-state index contributed by atoms with van der Waals surface area (Å²) in [6, 6.07) is 2.00. The molecule has 3 rings (SSSR count). The zero-order valence-electron chi connectivity index (χ0n) is 12.2. The van der Waals surface area contributed by atoms with Gasteiger partial charge in [-0.3, -0.25) is 9.80 Å². The maximum Gasteiger partial charge on any atom is 0.0611 e. The van der Waals surface area contributed by atoms with Gasteiger partial charge in [-0.15, -0.1) is 0 Å². The highest BCUT2D eigenvalue weighted by Crippen LogP contribution is 2.34. The lowest BCUT2D eigenvalue weighted by Crippen LogP contribution is -2.61. The first-order valence-electron chi connectivity index (χ1n) is 8.01. The molecule has 3 aliphatic rings. The first-order chi connectivity index (χ1) is 9.11. The van der Waals surface area contributed by atoms with Gasteiger partial charge < -0.3 is 10.8 Å². The van der Waals surface area contributed by atoms with Gasteiger partial charge in [0, 0.05) is 36.8 Å². The van der Waals surface area contributed by atoms with Crippen molar-refractivity contribution in [2.45, 2.75) is 69.1 Å². The summed E-state index contributed by atoms with van der Waals surface area (Å²) in [5.74, 6) is 0. The average Bonchev–Trinajstić information content (AvgIpc) is 2.81. The van der Waals surface area contributed by atoms with Gasteiger partial charge >= 0.3 is 0 Å². The lowest BCUT2D eigenvalue weighted by Gasteiger charge is -2.49. The van der Waals surface area contributed by atoms with Gasteiger partial charge in [0.25, 0.3) is 0 Å². The molecule has 4 nitrogen and oxygen atoms in total. The molecule has 110 valence electrons. The fourth-order valence-corrected chi connectivity index (χ4v) is 4.44. The van der Waals surface area contributed by atoms with E-state index in [0.717, 1.165) is 25.3 Å². The number of aliphatic hydroxyl groups excluding tert-OH is 1. The largest absolute Gasteiger partial charge is 0.394 e. The minimum Gasteiger partial charge on any atom is -0.394 e. The lowest BCUT2D eigenvalue weighted by atomic mass is 9.94. The maximum atomic E-state index is 9.44. The summed E-state index contributed by atoms with van der Waals surface area (Å²) in [6.07, 6.45) is 7.25. The number of hydrogen-bond donors (Lipinski definition) is 2. The summed E-state index contributed by atoms with van der Waals surface area (Å²) in [7, 11) is 0. The molecule has 19 heavy (non-hydrogen) atoms. The quantitative estimate of drug-likeness (QED) is 0.776. The molecule has 0 radical (unpaired) electrons. The molecule has 4 atom stereocenters. The van der Waals surface area contributed by atoms with Crippen LogP contribution in [0.25, 0.3) is 0 Å². The number of rotatable bonds is 2. The molecule has 4 unspecified atom stereocenters. The van der Waals surface area contributed by atoms with E-state index in [0.29, 0.717) is 12.1 Å². The first-order valence-corrected chi connectivity index (χ1v) is 8.01. The Labute approximate surface area is 116 Å². The van der Waals surface area contributed by atoms with Crippen LogP contribution in [-0.4, -0.2) is 64.8 Å². The van der Waals surface area contributed by atoms with Crippen LogP contribution in [0, 0.1) is 0 Å².